The van der Waals surface area contributed by atoms with Gasteiger partial charge in [-0.3, -0.25) is 9.69 Å². The lowest BCUT2D eigenvalue weighted by molar-refractivity contribution is -0.121. The van der Waals surface area contributed by atoms with E-state index in [1.54, 1.807) is 6.07 Å². The Bertz CT molecular complexity index is 980. The Morgan fingerprint density at radius 2 is 1.90 bits per heavy atom. The SMILES string of the molecule is CCCn1c(CCC(=O)NCC(C(C)C)N(CC)CC)nc2cc(S(N)(=O)=O)ccc21. The third kappa shape index (κ3) is 6.51. The fourth-order valence-electron chi connectivity index (χ4n) is 4.01. The molecule has 1 aromatic carbocycles. The van der Waals surface area contributed by atoms with Crippen molar-refractivity contribution < 1.29 is 13.2 Å². The molecule has 1 atom stereocenters. The maximum Gasteiger partial charge on any atom is 0.238 e. The molecular formula is C22H37N5O3S. The largest absolute Gasteiger partial charge is 0.355 e. The standard InChI is InChI=1S/C22H37N5O3S/c1-6-13-27-19-10-9-17(31(23,29)30)14-18(19)25-21(27)11-12-22(28)24-15-20(16(4)5)26(7-2)8-3/h9-10,14,16,20H,6-8,11-13,15H2,1-5H3,(H,24,28)(H2,23,29,30). The quantitative estimate of drug-likeness (QED) is 0.515. The zero-order valence-electron chi connectivity index (χ0n) is 19.4. The second-order valence-electron chi connectivity index (χ2n) is 8.21. The lowest BCUT2D eigenvalue weighted by Gasteiger charge is -2.32. The molecule has 0 fully saturated rings. The molecule has 0 aliphatic rings. The minimum atomic E-state index is -3.79. The van der Waals surface area contributed by atoms with E-state index in [1.807, 2.05) is 0 Å². The lowest BCUT2D eigenvalue weighted by atomic mass is 10.0. The normalized spacial score (nSPS) is 13.3. The molecule has 3 N–H and O–H groups in total. The van der Waals surface area contributed by atoms with Crippen LogP contribution in [0.3, 0.4) is 0 Å². The van der Waals surface area contributed by atoms with Crippen molar-refractivity contribution in [2.45, 2.75) is 71.4 Å². The molecule has 1 amide bonds. The van der Waals surface area contributed by atoms with Crippen LogP contribution in [0.4, 0.5) is 0 Å². The summed E-state index contributed by atoms with van der Waals surface area (Å²) in [6.45, 7) is 14.0. The van der Waals surface area contributed by atoms with E-state index < -0.39 is 10.0 Å². The number of carbonyl (C=O) groups excluding carboxylic acids is 1. The minimum absolute atomic E-state index is 0.00173. The summed E-state index contributed by atoms with van der Waals surface area (Å²) < 4.78 is 25.4. The maximum atomic E-state index is 12.6. The molecule has 31 heavy (non-hydrogen) atoms. The van der Waals surface area contributed by atoms with Crippen molar-refractivity contribution in [3.05, 3.63) is 24.0 Å². The fourth-order valence-corrected chi connectivity index (χ4v) is 4.55. The minimum Gasteiger partial charge on any atom is -0.355 e. The summed E-state index contributed by atoms with van der Waals surface area (Å²) in [5, 5.41) is 8.34. The van der Waals surface area contributed by atoms with E-state index in [9.17, 15) is 13.2 Å². The Balaban J connectivity index is 2.12. The third-order valence-electron chi connectivity index (χ3n) is 5.71. The molecule has 8 nitrogen and oxygen atoms in total. The number of carbonyl (C=O) groups is 1. The molecule has 0 bridgehead atoms. The number of nitrogens with zero attached hydrogens (tertiary/aromatic N) is 3. The van der Waals surface area contributed by atoms with Gasteiger partial charge in [0.15, 0.2) is 0 Å². The third-order valence-corrected chi connectivity index (χ3v) is 6.62. The first-order valence-corrected chi connectivity index (χ1v) is 12.7. The van der Waals surface area contributed by atoms with Gasteiger partial charge in [0.25, 0.3) is 0 Å². The Morgan fingerprint density at radius 3 is 2.45 bits per heavy atom. The highest BCUT2D eigenvalue weighted by molar-refractivity contribution is 7.89. The summed E-state index contributed by atoms with van der Waals surface area (Å²) in [6.07, 6.45) is 1.72. The smallest absolute Gasteiger partial charge is 0.238 e. The second-order valence-corrected chi connectivity index (χ2v) is 9.77. The zero-order chi connectivity index (χ0) is 23.2. The summed E-state index contributed by atoms with van der Waals surface area (Å²) >= 11 is 0. The first kappa shape index (κ1) is 25.3. The van der Waals surface area contributed by atoms with Gasteiger partial charge in [0.05, 0.1) is 15.9 Å². The van der Waals surface area contributed by atoms with Gasteiger partial charge in [-0.2, -0.15) is 0 Å². The second kappa shape index (κ2) is 11.1. The van der Waals surface area contributed by atoms with Gasteiger partial charge in [0, 0.05) is 32.0 Å². The number of nitrogens with two attached hydrogens (primary N) is 1. The van der Waals surface area contributed by atoms with Crippen molar-refractivity contribution in [2.75, 3.05) is 19.6 Å². The summed E-state index contributed by atoms with van der Waals surface area (Å²) in [5.74, 6) is 1.22. The van der Waals surface area contributed by atoms with E-state index in [1.165, 1.54) is 12.1 Å². The zero-order valence-corrected chi connectivity index (χ0v) is 20.2. The Morgan fingerprint density at radius 1 is 1.23 bits per heavy atom. The summed E-state index contributed by atoms with van der Waals surface area (Å²) in [6, 6.07) is 5.04. The van der Waals surface area contributed by atoms with E-state index in [0.29, 0.717) is 36.9 Å². The number of fused-ring (bicyclic) bond motifs is 1. The highest BCUT2D eigenvalue weighted by atomic mass is 32.2. The number of amides is 1. The summed E-state index contributed by atoms with van der Waals surface area (Å²) in [5.41, 5.74) is 1.43. The molecule has 0 saturated carbocycles. The molecule has 0 aliphatic carbocycles. The van der Waals surface area contributed by atoms with Crippen LogP contribution in [0.2, 0.25) is 0 Å². The number of hydrogen-bond acceptors (Lipinski definition) is 5. The molecule has 0 radical (unpaired) electrons. The summed E-state index contributed by atoms with van der Waals surface area (Å²) in [7, 11) is -3.79. The molecule has 0 spiro atoms. The van der Waals surface area contributed by atoms with Gasteiger partial charge in [-0.05, 0) is 43.6 Å². The number of aromatic nitrogens is 2. The highest BCUT2D eigenvalue weighted by Crippen LogP contribution is 2.21. The summed E-state index contributed by atoms with van der Waals surface area (Å²) in [4.78, 5) is 19.6. The highest BCUT2D eigenvalue weighted by Gasteiger charge is 2.20. The molecule has 0 saturated heterocycles. The number of imidazole rings is 1. The lowest BCUT2D eigenvalue weighted by Crippen LogP contribution is -2.46. The van der Waals surface area contributed by atoms with E-state index in [0.717, 1.165) is 37.4 Å². The molecule has 1 heterocycles. The number of primary sulfonamides is 1. The van der Waals surface area contributed by atoms with E-state index in [2.05, 4.69) is 54.4 Å². The van der Waals surface area contributed by atoms with Crippen LogP contribution in [0.5, 0.6) is 0 Å². The van der Waals surface area contributed by atoms with Crippen molar-refractivity contribution >= 4 is 27.0 Å². The van der Waals surface area contributed by atoms with Crippen molar-refractivity contribution in [2.24, 2.45) is 11.1 Å². The predicted molar refractivity (Wildman–Crippen MR) is 124 cm³/mol. The van der Waals surface area contributed by atoms with Crippen LogP contribution in [-0.4, -0.2) is 54.5 Å². The van der Waals surface area contributed by atoms with Gasteiger partial charge in [-0.1, -0.05) is 34.6 Å². The fraction of sp³-hybridized carbons (Fsp3) is 0.636. The Labute approximate surface area is 186 Å². The number of nitrogens with one attached hydrogen (secondary N) is 1. The average Bonchev–Trinajstić information content (AvgIpc) is 3.05. The molecule has 2 aromatic rings. The van der Waals surface area contributed by atoms with Crippen molar-refractivity contribution in [1.82, 2.24) is 19.8 Å². The van der Waals surface area contributed by atoms with Crippen molar-refractivity contribution in [3.63, 3.8) is 0 Å². The average molecular weight is 452 g/mol. The Hall–Kier alpha value is -1.97. The van der Waals surface area contributed by atoms with Gasteiger partial charge in [-0.25, -0.2) is 18.5 Å². The van der Waals surface area contributed by atoms with Gasteiger partial charge in [-0.15, -0.1) is 0 Å². The van der Waals surface area contributed by atoms with Gasteiger partial charge in [0.1, 0.15) is 5.82 Å². The van der Waals surface area contributed by atoms with Crippen LogP contribution < -0.4 is 10.5 Å². The van der Waals surface area contributed by atoms with Gasteiger partial charge < -0.3 is 9.88 Å². The molecule has 2 rings (SSSR count). The van der Waals surface area contributed by atoms with Crippen molar-refractivity contribution in [3.8, 4) is 0 Å². The molecule has 174 valence electrons. The molecule has 0 aliphatic heterocycles. The number of likely N-dealkylation sites (N-methyl/N-ethyl adjacent to an activating group) is 1. The monoisotopic (exact) mass is 451 g/mol. The number of rotatable bonds is 12. The van der Waals surface area contributed by atoms with E-state index in [4.69, 9.17) is 5.14 Å². The van der Waals surface area contributed by atoms with Gasteiger partial charge in [0.2, 0.25) is 15.9 Å². The molecular weight excluding hydrogens is 414 g/mol. The van der Waals surface area contributed by atoms with Crippen LogP contribution in [0.25, 0.3) is 11.0 Å². The van der Waals surface area contributed by atoms with Crippen LogP contribution in [0.15, 0.2) is 23.1 Å². The Kier molecular flexibility index (Phi) is 9.02. The maximum absolute atomic E-state index is 12.6. The molecule has 1 unspecified atom stereocenters. The van der Waals surface area contributed by atoms with E-state index in [-0.39, 0.29) is 10.8 Å². The predicted octanol–water partition coefficient (Wildman–Crippen LogP) is 2.51. The molecule has 9 heteroatoms. The first-order valence-electron chi connectivity index (χ1n) is 11.1. The van der Waals surface area contributed by atoms with Crippen LogP contribution in [0.1, 0.15) is 53.3 Å². The van der Waals surface area contributed by atoms with E-state index >= 15 is 0 Å². The van der Waals surface area contributed by atoms with Crippen molar-refractivity contribution in [1.29, 1.82) is 0 Å². The number of sulfonamides is 1. The number of aryl methyl sites for hydroxylation is 2. The van der Waals surface area contributed by atoms with Crippen LogP contribution >= 0.6 is 0 Å². The van der Waals surface area contributed by atoms with Crippen LogP contribution in [-0.2, 0) is 27.8 Å². The first-order chi connectivity index (χ1) is 14.6. The topological polar surface area (TPSA) is 110 Å². The number of benzene rings is 1. The van der Waals surface area contributed by atoms with Gasteiger partial charge >= 0.3 is 0 Å². The number of hydrogen-bond donors (Lipinski definition) is 2. The van der Waals surface area contributed by atoms with Crippen LogP contribution in [0, 0.1) is 5.92 Å². The molecule has 1 aromatic heterocycles.